The maximum absolute atomic E-state index is 12.8. The fourth-order valence-corrected chi connectivity index (χ4v) is 4.46. The predicted molar refractivity (Wildman–Crippen MR) is 111 cm³/mol. The van der Waals surface area contributed by atoms with Crippen LogP contribution in [0.3, 0.4) is 0 Å². The van der Waals surface area contributed by atoms with Crippen molar-refractivity contribution in [1.29, 1.82) is 0 Å². The van der Waals surface area contributed by atoms with E-state index in [0.29, 0.717) is 22.8 Å². The molecule has 0 bridgehead atoms. The normalized spacial score (nSPS) is 17.0. The Labute approximate surface area is 167 Å². The number of carbonyl (C=O) groups is 1. The fraction of sp³-hybridized carbons (Fsp3) is 0.400. The van der Waals surface area contributed by atoms with Crippen molar-refractivity contribution in [3.8, 4) is 0 Å². The molecule has 1 atom stereocenters. The highest BCUT2D eigenvalue weighted by Crippen LogP contribution is 2.28. The van der Waals surface area contributed by atoms with E-state index < -0.39 is 0 Å². The Bertz CT molecular complexity index is 1030. The molecule has 1 N–H and O–H groups in total. The lowest BCUT2D eigenvalue weighted by Gasteiger charge is -2.30. The van der Waals surface area contributed by atoms with Gasteiger partial charge in [-0.2, -0.15) is 4.98 Å². The SMILES string of the molecule is CC1CCCN(c2nc3ncn(CC(=O)NCc4ccccc4)c(=O)c3s2)C1. The third kappa shape index (κ3) is 4.06. The number of aromatic nitrogens is 3. The molecule has 1 amide bonds. The number of carbonyl (C=O) groups excluding carboxylic acids is 1. The van der Waals surface area contributed by atoms with Crippen LogP contribution in [-0.4, -0.2) is 33.5 Å². The third-order valence-corrected chi connectivity index (χ3v) is 6.04. The molecule has 1 aliphatic heterocycles. The van der Waals surface area contributed by atoms with Gasteiger partial charge in [0.25, 0.3) is 5.56 Å². The second kappa shape index (κ2) is 8.10. The lowest BCUT2D eigenvalue weighted by atomic mass is 10.0. The van der Waals surface area contributed by atoms with Gasteiger partial charge >= 0.3 is 0 Å². The number of nitrogens with zero attached hydrogens (tertiary/aromatic N) is 4. The van der Waals surface area contributed by atoms with Crippen molar-refractivity contribution in [2.45, 2.75) is 32.9 Å². The zero-order valence-electron chi connectivity index (χ0n) is 15.8. The average molecular weight is 398 g/mol. The second-order valence-electron chi connectivity index (χ2n) is 7.28. The molecule has 1 aliphatic rings. The quantitative estimate of drug-likeness (QED) is 0.715. The van der Waals surface area contributed by atoms with Gasteiger partial charge in [0.2, 0.25) is 5.91 Å². The Morgan fingerprint density at radius 3 is 2.93 bits per heavy atom. The first-order valence-electron chi connectivity index (χ1n) is 9.51. The first kappa shape index (κ1) is 18.6. The van der Waals surface area contributed by atoms with Crippen LogP contribution >= 0.6 is 11.3 Å². The number of anilines is 1. The Hall–Kier alpha value is -2.74. The van der Waals surface area contributed by atoms with Gasteiger partial charge in [-0.05, 0) is 24.3 Å². The smallest absolute Gasteiger partial charge is 0.273 e. The zero-order chi connectivity index (χ0) is 19.5. The summed E-state index contributed by atoms with van der Waals surface area (Å²) in [4.78, 5) is 36.1. The average Bonchev–Trinajstić information content (AvgIpc) is 3.15. The minimum atomic E-state index is -0.221. The molecular formula is C20H23N5O2S. The van der Waals surface area contributed by atoms with Gasteiger partial charge in [0.15, 0.2) is 10.8 Å². The summed E-state index contributed by atoms with van der Waals surface area (Å²) in [6, 6.07) is 9.67. The maximum Gasteiger partial charge on any atom is 0.273 e. The maximum atomic E-state index is 12.8. The van der Waals surface area contributed by atoms with E-state index in [1.807, 2.05) is 30.3 Å². The van der Waals surface area contributed by atoms with Gasteiger partial charge in [0.05, 0.1) is 0 Å². The van der Waals surface area contributed by atoms with Crippen molar-refractivity contribution in [3.05, 3.63) is 52.6 Å². The molecule has 7 nitrogen and oxygen atoms in total. The molecule has 0 spiro atoms. The van der Waals surface area contributed by atoms with Gasteiger partial charge < -0.3 is 10.2 Å². The molecule has 0 radical (unpaired) electrons. The number of hydrogen-bond donors (Lipinski definition) is 1. The first-order chi connectivity index (χ1) is 13.6. The van der Waals surface area contributed by atoms with Crippen molar-refractivity contribution in [2.24, 2.45) is 5.92 Å². The highest BCUT2D eigenvalue weighted by Gasteiger charge is 2.21. The number of nitrogens with one attached hydrogen (secondary N) is 1. The van der Waals surface area contributed by atoms with Crippen LogP contribution in [0.4, 0.5) is 5.13 Å². The summed E-state index contributed by atoms with van der Waals surface area (Å²) >= 11 is 1.37. The van der Waals surface area contributed by atoms with Crippen molar-refractivity contribution < 1.29 is 4.79 Å². The van der Waals surface area contributed by atoms with Crippen LogP contribution in [0.5, 0.6) is 0 Å². The van der Waals surface area contributed by atoms with Crippen LogP contribution in [-0.2, 0) is 17.9 Å². The molecule has 1 unspecified atom stereocenters. The Morgan fingerprint density at radius 1 is 1.32 bits per heavy atom. The van der Waals surface area contributed by atoms with Crippen LogP contribution < -0.4 is 15.8 Å². The molecule has 4 rings (SSSR count). The van der Waals surface area contributed by atoms with Gasteiger partial charge in [-0.15, -0.1) is 0 Å². The summed E-state index contributed by atoms with van der Waals surface area (Å²) in [5.41, 5.74) is 1.26. The molecule has 1 aromatic carbocycles. The summed E-state index contributed by atoms with van der Waals surface area (Å²) in [7, 11) is 0. The van der Waals surface area contributed by atoms with E-state index in [1.165, 1.54) is 28.7 Å². The lowest BCUT2D eigenvalue weighted by Crippen LogP contribution is -2.34. The predicted octanol–water partition coefficient (Wildman–Crippen LogP) is 2.41. The van der Waals surface area contributed by atoms with Crippen molar-refractivity contribution in [3.63, 3.8) is 0 Å². The molecular weight excluding hydrogens is 374 g/mol. The van der Waals surface area contributed by atoms with Crippen LogP contribution in [0.2, 0.25) is 0 Å². The molecule has 1 saturated heterocycles. The third-order valence-electron chi connectivity index (χ3n) is 4.95. The Morgan fingerprint density at radius 2 is 2.14 bits per heavy atom. The first-order valence-corrected chi connectivity index (χ1v) is 10.3. The number of thiazole rings is 1. The molecule has 2 aromatic heterocycles. The van der Waals surface area contributed by atoms with Crippen molar-refractivity contribution in [2.75, 3.05) is 18.0 Å². The van der Waals surface area contributed by atoms with Crippen LogP contribution in [0.15, 0.2) is 41.5 Å². The number of fused-ring (bicyclic) bond motifs is 1. The number of benzene rings is 1. The summed E-state index contributed by atoms with van der Waals surface area (Å²) in [5, 5.41) is 3.68. The number of hydrogen-bond acceptors (Lipinski definition) is 6. The van der Waals surface area contributed by atoms with Crippen LogP contribution in [0, 0.1) is 5.92 Å². The lowest BCUT2D eigenvalue weighted by molar-refractivity contribution is -0.121. The van der Waals surface area contributed by atoms with E-state index >= 15 is 0 Å². The summed E-state index contributed by atoms with van der Waals surface area (Å²) in [6.07, 6.45) is 3.77. The van der Waals surface area contributed by atoms with Crippen molar-refractivity contribution >= 4 is 32.7 Å². The highest BCUT2D eigenvalue weighted by molar-refractivity contribution is 7.22. The van der Waals surface area contributed by atoms with Crippen LogP contribution in [0.1, 0.15) is 25.3 Å². The molecule has 28 heavy (non-hydrogen) atoms. The molecule has 3 heterocycles. The molecule has 146 valence electrons. The van der Waals surface area contributed by atoms with Crippen LogP contribution in [0.25, 0.3) is 10.3 Å². The molecule has 8 heteroatoms. The summed E-state index contributed by atoms with van der Waals surface area (Å²) in [6.45, 7) is 4.53. The van der Waals surface area contributed by atoms with E-state index in [1.54, 1.807) is 0 Å². The molecule has 3 aromatic rings. The molecule has 0 saturated carbocycles. The van der Waals surface area contributed by atoms with Gasteiger partial charge in [0, 0.05) is 19.6 Å². The Balaban J connectivity index is 1.48. The van der Waals surface area contributed by atoms with Gasteiger partial charge in [0.1, 0.15) is 17.6 Å². The second-order valence-corrected chi connectivity index (χ2v) is 8.26. The number of amides is 1. The van der Waals surface area contributed by atoms with E-state index in [4.69, 9.17) is 0 Å². The summed E-state index contributed by atoms with van der Waals surface area (Å²) in [5.74, 6) is 0.403. The van der Waals surface area contributed by atoms with Gasteiger partial charge in [-0.3, -0.25) is 14.2 Å². The molecule has 1 fully saturated rings. The fourth-order valence-electron chi connectivity index (χ4n) is 3.45. The van der Waals surface area contributed by atoms with E-state index in [2.05, 4.69) is 27.1 Å². The van der Waals surface area contributed by atoms with Gasteiger partial charge in [-0.25, -0.2) is 4.98 Å². The molecule has 0 aliphatic carbocycles. The minimum Gasteiger partial charge on any atom is -0.350 e. The Kier molecular flexibility index (Phi) is 5.38. The van der Waals surface area contributed by atoms with E-state index in [9.17, 15) is 9.59 Å². The largest absolute Gasteiger partial charge is 0.350 e. The van der Waals surface area contributed by atoms with E-state index in [-0.39, 0.29) is 18.0 Å². The summed E-state index contributed by atoms with van der Waals surface area (Å²) < 4.78 is 1.86. The minimum absolute atomic E-state index is 0.0530. The zero-order valence-corrected chi connectivity index (χ0v) is 16.6. The number of rotatable bonds is 5. The highest BCUT2D eigenvalue weighted by atomic mass is 32.1. The van der Waals surface area contributed by atoms with E-state index in [0.717, 1.165) is 30.2 Å². The van der Waals surface area contributed by atoms with Gasteiger partial charge in [-0.1, -0.05) is 48.6 Å². The number of piperidine rings is 1. The standard InChI is InChI=1S/C20H23N5O2S/c1-14-6-5-9-24(11-14)20-23-18-17(28-20)19(27)25(13-22-18)12-16(26)21-10-15-7-3-2-4-8-15/h2-4,7-8,13-14H,5-6,9-12H2,1H3,(H,21,26). The topological polar surface area (TPSA) is 80.1 Å². The van der Waals surface area contributed by atoms with Crippen molar-refractivity contribution in [1.82, 2.24) is 19.9 Å². The monoisotopic (exact) mass is 397 g/mol.